The van der Waals surface area contributed by atoms with Crippen LogP contribution in [0.25, 0.3) is 0 Å². The second kappa shape index (κ2) is 12.5. The minimum atomic E-state index is -1.20. The second-order valence-electron chi connectivity index (χ2n) is 13.3. The van der Waals surface area contributed by atoms with Crippen LogP contribution in [0.3, 0.4) is 0 Å². The van der Waals surface area contributed by atoms with Crippen LogP contribution < -0.4 is 20.1 Å². The maximum Gasteiger partial charge on any atom is 0.246 e. The Morgan fingerprint density at radius 1 is 1.02 bits per heavy atom. The lowest BCUT2D eigenvalue weighted by Gasteiger charge is -2.36. The number of hydrogen-bond donors (Lipinski definition) is 2. The number of methoxy groups -OCH3 is 2. The van der Waals surface area contributed by atoms with Gasteiger partial charge in [-0.15, -0.1) is 0 Å². The van der Waals surface area contributed by atoms with Crippen molar-refractivity contribution in [2.24, 2.45) is 17.8 Å². The molecule has 6 rings (SSSR count). The number of benzene rings is 2. The molecule has 240 valence electrons. The predicted octanol–water partition coefficient (Wildman–Crippen LogP) is 4.85. The number of ether oxygens (including phenoxy) is 3. The van der Waals surface area contributed by atoms with Gasteiger partial charge in [-0.05, 0) is 66.5 Å². The van der Waals surface area contributed by atoms with Gasteiger partial charge in [0.25, 0.3) is 0 Å². The Balaban J connectivity index is 1.28. The van der Waals surface area contributed by atoms with Crippen LogP contribution in [0.5, 0.6) is 11.5 Å². The average molecular weight is 616 g/mol. The number of fused-ring (bicyclic) bond motifs is 1. The highest BCUT2D eigenvalue weighted by Gasteiger charge is 2.72. The number of nitrogens with zero attached hydrogens (tertiary/aromatic N) is 1. The third-order valence-corrected chi connectivity index (χ3v) is 10.3. The summed E-state index contributed by atoms with van der Waals surface area (Å²) in [5.74, 6) is -0.319. The van der Waals surface area contributed by atoms with Crippen molar-refractivity contribution in [3.8, 4) is 11.5 Å². The number of anilines is 1. The van der Waals surface area contributed by atoms with E-state index >= 15 is 0 Å². The molecule has 9 heteroatoms. The van der Waals surface area contributed by atoms with Crippen LogP contribution in [0.1, 0.15) is 63.5 Å². The molecule has 9 nitrogen and oxygen atoms in total. The van der Waals surface area contributed by atoms with Crippen molar-refractivity contribution >= 4 is 23.4 Å². The summed E-state index contributed by atoms with van der Waals surface area (Å²) in [4.78, 5) is 44.1. The number of rotatable bonds is 10. The lowest BCUT2D eigenvalue weighted by Crippen LogP contribution is -2.57. The maximum absolute atomic E-state index is 14.4. The van der Waals surface area contributed by atoms with Crippen molar-refractivity contribution in [2.45, 2.75) is 82.6 Å². The summed E-state index contributed by atoms with van der Waals surface area (Å²) < 4.78 is 17.4. The fourth-order valence-electron chi connectivity index (χ4n) is 7.76. The monoisotopic (exact) mass is 615 g/mol. The molecule has 1 spiro atoms. The minimum Gasteiger partial charge on any atom is -0.493 e. The zero-order valence-corrected chi connectivity index (χ0v) is 26.9. The van der Waals surface area contributed by atoms with Gasteiger partial charge < -0.3 is 29.7 Å². The van der Waals surface area contributed by atoms with Gasteiger partial charge in [-0.1, -0.05) is 64.0 Å². The van der Waals surface area contributed by atoms with E-state index in [1.807, 2.05) is 54.6 Å². The van der Waals surface area contributed by atoms with E-state index in [1.54, 1.807) is 19.1 Å². The highest BCUT2D eigenvalue weighted by atomic mass is 16.5. The third-order valence-electron chi connectivity index (χ3n) is 10.3. The van der Waals surface area contributed by atoms with Gasteiger partial charge in [0.2, 0.25) is 17.7 Å². The van der Waals surface area contributed by atoms with E-state index in [0.29, 0.717) is 35.4 Å². The molecule has 4 aliphatic rings. The van der Waals surface area contributed by atoms with Crippen LogP contribution in [-0.4, -0.2) is 67.2 Å². The Morgan fingerprint density at radius 3 is 2.44 bits per heavy atom. The van der Waals surface area contributed by atoms with E-state index in [2.05, 4.69) is 31.4 Å². The third kappa shape index (κ3) is 5.60. The fraction of sp³-hybridized carbons (Fsp3) is 0.528. The van der Waals surface area contributed by atoms with Gasteiger partial charge in [-0.3, -0.25) is 14.4 Å². The molecule has 2 saturated heterocycles. The molecule has 45 heavy (non-hydrogen) atoms. The number of hydrogen-bond acceptors (Lipinski definition) is 6. The Kier molecular flexibility index (Phi) is 8.66. The van der Waals surface area contributed by atoms with Gasteiger partial charge in [0.15, 0.2) is 11.5 Å². The van der Waals surface area contributed by atoms with Gasteiger partial charge in [0.1, 0.15) is 11.6 Å². The molecule has 2 aromatic rings. The number of nitrogens with one attached hydrogen (secondary N) is 2. The van der Waals surface area contributed by atoms with E-state index in [9.17, 15) is 14.4 Å². The molecule has 3 amide bonds. The van der Waals surface area contributed by atoms with Crippen LogP contribution >= 0.6 is 0 Å². The van der Waals surface area contributed by atoms with E-state index in [0.717, 1.165) is 31.2 Å². The Bertz CT molecular complexity index is 1470. The Morgan fingerprint density at radius 2 is 1.76 bits per heavy atom. The largest absolute Gasteiger partial charge is 0.493 e. The van der Waals surface area contributed by atoms with Gasteiger partial charge in [-0.25, -0.2) is 0 Å². The molecule has 0 radical (unpaired) electrons. The van der Waals surface area contributed by atoms with Gasteiger partial charge in [-0.2, -0.15) is 0 Å². The molecule has 7 atom stereocenters. The zero-order chi connectivity index (χ0) is 31.9. The number of carbonyl (C=O) groups is 3. The molecule has 3 aliphatic heterocycles. The summed E-state index contributed by atoms with van der Waals surface area (Å²) >= 11 is 0. The topological polar surface area (TPSA) is 106 Å². The molecule has 2 N–H and O–H groups in total. The molecular formula is C36H45N3O6. The quantitative estimate of drug-likeness (QED) is 0.370. The molecule has 1 saturated carbocycles. The average Bonchev–Trinajstić information content (AvgIpc) is 3.68. The molecule has 1 aliphatic carbocycles. The molecule has 5 unspecified atom stereocenters. The zero-order valence-electron chi connectivity index (χ0n) is 26.9. The van der Waals surface area contributed by atoms with E-state index in [1.165, 1.54) is 5.56 Å². The SMILES string of the molecule is COc1ccc(CCN2C(=O)[C@H]3C(C(=O)Nc4ccc(C(C)C)cc4)[C@H]4C=CC3(O4)C2C(=O)NC2CCCCC2C)cc1OC. The molecule has 0 aromatic heterocycles. The predicted molar refractivity (Wildman–Crippen MR) is 171 cm³/mol. The van der Waals surface area contributed by atoms with Crippen molar-refractivity contribution in [3.63, 3.8) is 0 Å². The first-order valence-electron chi connectivity index (χ1n) is 16.3. The van der Waals surface area contributed by atoms with Crippen molar-refractivity contribution in [1.82, 2.24) is 10.2 Å². The molecule has 2 bridgehead atoms. The minimum absolute atomic E-state index is 0.0417. The van der Waals surface area contributed by atoms with E-state index in [-0.39, 0.29) is 30.3 Å². The maximum atomic E-state index is 14.4. The van der Waals surface area contributed by atoms with E-state index in [4.69, 9.17) is 14.2 Å². The molecule has 3 fully saturated rings. The number of carbonyl (C=O) groups excluding carboxylic acids is 3. The van der Waals surface area contributed by atoms with Gasteiger partial charge in [0.05, 0.1) is 32.2 Å². The summed E-state index contributed by atoms with van der Waals surface area (Å²) in [6.45, 7) is 6.70. The highest BCUT2D eigenvalue weighted by Crippen LogP contribution is 2.55. The van der Waals surface area contributed by atoms with Crippen molar-refractivity contribution in [3.05, 3.63) is 65.7 Å². The van der Waals surface area contributed by atoms with Crippen molar-refractivity contribution in [2.75, 3.05) is 26.1 Å². The van der Waals surface area contributed by atoms with Crippen molar-refractivity contribution < 1.29 is 28.6 Å². The first-order chi connectivity index (χ1) is 21.7. The van der Waals surface area contributed by atoms with Crippen LogP contribution in [0.15, 0.2) is 54.6 Å². The summed E-state index contributed by atoms with van der Waals surface area (Å²) in [5, 5.41) is 6.32. The van der Waals surface area contributed by atoms with Gasteiger partial charge >= 0.3 is 0 Å². The molecule has 3 heterocycles. The summed E-state index contributed by atoms with van der Waals surface area (Å²) in [6.07, 6.45) is 7.83. The second-order valence-corrected chi connectivity index (χ2v) is 13.3. The van der Waals surface area contributed by atoms with E-state index < -0.39 is 29.6 Å². The normalized spacial score (nSPS) is 30.0. The van der Waals surface area contributed by atoms with Crippen molar-refractivity contribution in [1.29, 1.82) is 0 Å². The smallest absolute Gasteiger partial charge is 0.246 e. The molecular weight excluding hydrogens is 570 g/mol. The van der Waals surface area contributed by atoms with Gasteiger partial charge in [0, 0.05) is 18.3 Å². The first kappa shape index (κ1) is 31.1. The van der Waals surface area contributed by atoms with Crippen LogP contribution in [0.4, 0.5) is 5.69 Å². The van der Waals surface area contributed by atoms with Crippen LogP contribution in [-0.2, 0) is 25.5 Å². The Labute approximate surface area is 265 Å². The Hall–Kier alpha value is -3.85. The molecule has 2 aromatic carbocycles. The lowest BCUT2D eigenvalue weighted by molar-refractivity contribution is -0.141. The lowest BCUT2D eigenvalue weighted by atomic mass is 9.74. The summed E-state index contributed by atoms with van der Waals surface area (Å²) in [5.41, 5.74) is 1.58. The first-order valence-corrected chi connectivity index (χ1v) is 16.3. The summed E-state index contributed by atoms with van der Waals surface area (Å²) in [7, 11) is 3.17. The van der Waals surface area contributed by atoms with Crippen LogP contribution in [0, 0.1) is 17.8 Å². The standard InChI is InChI=1S/C36H45N3O6/c1-21(2)24-11-13-25(14-12-24)37-33(40)30-28-16-18-36(45-28)31(30)35(42)39(19-17-23-10-15-27(43-4)29(20-23)44-5)32(36)34(41)38-26-9-7-6-8-22(26)3/h10-16,18,20-22,26,28,30-32H,6-9,17,19H2,1-5H3,(H,37,40)(H,38,41)/t22?,26?,28-,30?,31-,32?,36?/m1/s1. The summed E-state index contributed by atoms with van der Waals surface area (Å²) in [6, 6.07) is 12.6. The number of amides is 3. The van der Waals surface area contributed by atoms with Crippen LogP contribution in [0.2, 0.25) is 0 Å². The highest BCUT2D eigenvalue weighted by molar-refractivity contribution is 6.02. The fourth-order valence-corrected chi connectivity index (χ4v) is 7.76. The number of likely N-dealkylation sites (tertiary alicyclic amines) is 1.